The number of nitrogens with two attached hydrogens (primary N) is 1. The SMILES string of the molecule is COc1cc(N)ccc1NC(=O)CN(C)CC(C)(C)O. The van der Waals surface area contributed by atoms with Gasteiger partial charge < -0.3 is 20.9 Å². The number of nitrogens with zero attached hydrogens (tertiary/aromatic N) is 1. The summed E-state index contributed by atoms with van der Waals surface area (Å²) in [7, 11) is 3.29. The zero-order chi connectivity index (χ0) is 15.3. The lowest BCUT2D eigenvalue weighted by Gasteiger charge is -2.25. The summed E-state index contributed by atoms with van der Waals surface area (Å²) >= 11 is 0. The van der Waals surface area contributed by atoms with Gasteiger partial charge in [0.1, 0.15) is 5.75 Å². The minimum Gasteiger partial charge on any atom is -0.494 e. The van der Waals surface area contributed by atoms with Gasteiger partial charge in [0, 0.05) is 18.3 Å². The fourth-order valence-electron chi connectivity index (χ4n) is 1.96. The fraction of sp³-hybridized carbons (Fsp3) is 0.500. The van der Waals surface area contributed by atoms with E-state index in [0.29, 0.717) is 23.7 Å². The number of nitrogen functional groups attached to an aromatic ring is 1. The van der Waals surface area contributed by atoms with Crippen LogP contribution in [0.5, 0.6) is 5.75 Å². The molecule has 1 aromatic rings. The van der Waals surface area contributed by atoms with Crippen molar-refractivity contribution in [2.24, 2.45) is 0 Å². The number of carbonyl (C=O) groups is 1. The van der Waals surface area contributed by atoms with E-state index in [2.05, 4.69) is 5.32 Å². The molecule has 0 radical (unpaired) electrons. The number of hydrogen-bond donors (Lipinski definition) is 3. The molecule has 0 aromatic heterocycles. The highest BCUT2D eigenvalue weighted by atomic mass is 16.5. The van der Waals surface area contributed by atoms with Crippen LogP contribution in [0, 0.1) is 0 Å². The molecule has 0 fully saturated rings. The molecule has 0 atom stereocenters. The summed E-state index contributed by atoms with van der Waals surface area (Å²) in [5.41, 5.74) is 5.96. The number of aliphatic hydroxyl groups is 1. The molecule has 0 spiro atoms. The largest absolute Gasteiger partial charge is 0.494 e. The highest BCUT2D eigenvalue weighted by Gasteiger charge is 2.17. The lowest BCUT2D eigenvalue weighted by Crippen LogP contribution is -2.40. The Balaban J connectivity index is 2.63. The molecule has 1 amide bonds. The zero-order valence-corrected chi connectivity index (χ0v) is 12.4. The average molecular weight is 281 g/mol. The molecule has 0 aliphatic carbocycles. The first-order chi connectivity index (χ1) is 9.21. The van der Waals surface area contributed by atoms with Crippen LogP contribution < -0.4 is 15.8 Å². The van der Waals surface area contributed by atoms with Gasteiger partial charge in [-0.3, -0.25) is 9.69 Å². The highest BCUT2D eigenvalue weighted by Crippen LogP contribution is 2.26. The molecule has 4 N–H and O–H groups in total. The molecule has 6 heteroatoms. The maximum atomic E-state index is 11.9. The van der Waals surface area contributed by atoms with E-state index in [-0.39, 0.29) is 12.5 Å². The van der Waals surface area contributed by atoms with Crippen molar-refractivity contribution >= 4 is 17.3 Å². The third-order valence-corrected chi connectivity index (χ3v) is 2.57. The quantitative estimate of drug-likeness (QED) is 0.675. The van der Waals surface area contributed by atoms with Crippen LogP contribution in [0.3, 0.4) is 0 Å². The van der Waals surface area contributed by atoms with Crippen molar-refractivity contribution in [2.75, 3.05) is 38.3 Å². The second-order valence-electron chi connectivity index (χ2n) is 5.49. The van der Waals surface area contributed by atoms with Gasteiger partial charge in [0.15, 0.2) is 0 Å². The molecule has 1 rings (SSSR count). The van der Waals surface area contributed by atoms with Crippen LogP contribution in [0.1, 0.15) is 13.8 Å². The molecule has 20 heavy (non-hydrogen) atoms. The summed E-state index contributed by atoms with van der Waals surface area (Å²) in [5, 5.41) is 12.5. The van der Waals surface area contributed by atoms with Crippen molar-refractivity contribution in [2.45, 2.75) is 19.4 Å². The molecule has 112 valence electrons. The summed E-state index contributed by atoms with van der Waals surface area (Å²) in [6.45, 7) is 3.98. The smallest absolute Gasteiger partial charge is 0.238 e. The molecular formula is C14H23N3O3. The molecule has 0 saturated heterocycles. The van der Waals surface area contributed by atoms with Gasteiger partial charge in [-0.15, -0.1) is 0 Å². The topological polar surface area (TPSA) is 87.8 Å². The molecule has 0 aliphatic heterocycles. The van der Waals surface area contributed by atoms with E-state index >= 15 is 0 Å². The Bertz CT molecular complexity index is 469. The van der Waals surface area contributed by atoms with E-state index in [9.17, 15) is 9.90 Å². The molecule has 0 saturated carbocycles. The maximum Gasteiger partial charge on any atom is 0.238 e. The normalized spacial score (nSPS) is 11.5. The number of methoxy groups -OCH3 is 1. The number of likely N-dealkylation sites (N-methyl/N-ethyl adjacent to an activating group) is 1. The number of amides is 1. The van der Waals surface area contributed by atoms with Crippen LogP contribution in [0.15, 0.2) is 18.2 Å². The maximum absolute atomic E-state index is 11.9. The van der Waals surface area contributed by atoms with Gasteiger partial charge in [-0.05, 0) is 33.0 Å². The Morgan fingerprint density at radius 1 is 1.50 bits per heavy atom. The van der Waals surface area contributed by atoms with E-state index in [4.69, 9.17) is 10.5 Å². The van der Waals surface area contributed by atoms with Gasteiger partial charge in [0.05, 0.1) is 24.9 Å². The summed E-state index contributed by atoms with van der Waals surface area (Å²) < 4.78 is 5.16. The minimum atomic E-state index is -0.839. The highest BCUT2D eigenvalue weighted by molar-refractivity contribution is 5.94. The number of benzene rings is 1. The number of ether oxygens (including phenoxy) is 1. The summed E-state index contributed by atoms with van der Waals surface area (Å²) in [4.78, 5) is 13.7. The lowest BCUT2D eigenvalue weighted by atomic mass is 10.1. The van der Waals surface area contributed by atoms with Gasteiger partial charge in [0.2, 0.25) is 5.91 Å². The van der Waals surface area contributed by atoms with Crippen molar-refractivity contribution in [1.82, 2.24) is 4.90 Å². The van der Waals surface area contributed by atoms with Crippen LogP contribution >= 0.6 is 0 Å². The van der Waals surface area contributed by atoms with Crippen molar-refractivity contribution in [1.29, 1.82) is 0 Å². The molecule has 0 unspecified atom stereocenters. The molecule has 6 nitrogen and oxygen atoms in total. The van der Waals surface area contributed by atoms with Crippen LogP contribution in [0.25, 0.3) is 0 Å². The second kappa shape index (κ2) is 6.58. The monoisotopic (exact) mass is 281 g/mol. The Labute approximate surface area is 119 Å². The molecule has 0 heterocycles. The predicted molar refractivity (Wildman–Crippen MR) is 79.8 cm³/mol. The van der Waals surface area contributed by atoms with Crippen LogP contribution in [0.2, 0.25) is 0 Å². The molecule has 1 aromatic carbocycles. The fourth-order valence-corrected chi connectivity index (χ4v) is 1.96. The standard InChI is InChI=1S/C14H23N3O3/c1-14(2,19)9-17(3)8-13(18)16-11-6-5-10(15)7-12(11)20-4/h5-7,19H,8-9,15H2,1-4H3,(H,16,18). The van der Waals surface area contributed by atoms with Gasteiger partial charge in [-0.1, -0.05) is 0 Å². The van der Waals surface area contributed by atoms with Crippen molar-refractivity contribution in [3.05, 3.63) is 18.2 Å². The van der Waals surface area contributed by atoms with Gasteiger partial charge in [-0.25, -0.2) is 0 Å². The van der Waals surface area contributed by atoms with Gasteiger partial charge in [-0.2, -0.15) is 0 Å². The molecule has 0 bridgehead atoms. The molecule has 0 aliphatic rings. The Morgan fingerprint density at radius 2 is 2.15 bits per heavy atom. The first kappa shape index (κ1) is 16.3. The van der Waals surface area contributed by atoms with Crippen molar-refractivity contribution < 1.29 is 14.6 Å². The molecular weight excluding hydrogens is 258 g/mol. The lowest BCUT2D eigenvalue weighted by molar-refractivity contribution is -0.117. The zero-order valence-electron chi connectivity index (χ0n) is 12.4. The summed E-state index contributed by atoms with van der Waals surface area (Å²) in [6.07, 6.45) is 0. The predicted octanol–water partition coefficient (Wildman–Crippen LogP) is 0.919. The van der Waals surface area contributed by atoms with E-state index in [0.717, 1.165) is 0 Å². The minimum absolute atomic E-state index is 0.178. The summed E-state index contributed by atoms with van der Waals surface area (Å²) in [6, 6.07) is 5.04. The number of hydrogen-bond acceptors (Lipinski definition) is 5. The first-order valence-corrected chi connectivity index (χ1v) is 6.35. The van der Waals surface area contributed by atoms with Crippen LogP contribution in [-0.4, -0.2) is 48.8 Å². The third-order valence-electron chi connectivity index (χ3n) is 2.57. The number of nitrogens with one attached hydrogen (secondary N) is 1. The van der Waals surface area contributed by atoms with Crippen molar-refractivity contribution in [3.63, 3.8) is 0 Å². The number of carbonyl (C=O) groups excluding carboxylic acids is 1. The van der Waals surface area contributed by atoms with Gasteiger partial charge >= 0.3 is 0 Å². The number of rotatable bonds is 6. The van der Waals surface area contributed by atoms with Gasteiger partial charge in [0.25, 0.3) is 0 Å². The Morgan fingerprint density at radius 3 is 2.70 bits per heavy atom. The van der Waals surface area contributed by atoms with E-state index < -0.39 is 5.60 Å². The summed E-state index contributed by atoms with van der Waals surface area (Å²) in [5.74, 6) is 0.336. The first-order valence-electron chi connectivity index (χ1n) is 6.35. The van der Waals surface area contributed by atoms with Crippen molar-refractivity contribution in [3.8, 4) is 5.75 Å². The average Bonchev–Trinajstić information content (AvgIpc) is 2.28. The van der Waals surface area contributed by atoms with E-state index in [1.54, 1.807) is 44.0 Å². The Hall–Kier alpha value is -1.79. The van der Waals surface area contributed by atoms with E-state index in [1.165, 1.54) is 7.11 Å². The number of anilines is 2. The third kappa shape index (κ3) is 5.46. The van der Waals surface area contributed by atoms with E-state index in [1.807, 2.05) is 0 Å². The van der Waals surface area contributed by atoms with Crippen LogP contribution in [-0.2, 0) is 4.79 Å². The van der Waals surface area contributed by atoms with Crippen LogP contribution in [0.4, 0.5) is 11.4 Å². The Kier molecular flexibility index (Phi) is 5.35. The second-order valence-corrected chi connectivity index (χ2v) is 5.49.